The molecule has 35 heavy (non-hydrogen) atoms. The van der Waals surface area contributed by atoms with Gasteiger partial charge in [-0.25, -0.2) is 4.39 Å². The van der Waals surface area contributed by atoms with Crippen molar-refractivity contribution in [2.75, 3.05) is 10.2 Å². The van der Waals surface area contributed by atoms with Crippen LogP contribution < -0.4 is 10.2 Å². The third-order valence-electron chi connectivity index (χ3n) is 5.31. The highest BCUT2D eigenvalue weighted by Crippen LogP contribution is 2.42. The minimum Gasteiger partial charge on any atom is -0.321 e. The highest BCUT2D eigenvalue weighted by molar-refractivity contribution is 8.05. The Bertz CT molecular complexity index is 1370. The van der Waals surface area contributed by atoms with E-state index >= 15 is 0 Å². The van der Waals surface area contributed by atoms with E-state index in [-0.39, 0.29) is 22.9 Å². The molecule has 1 fully saturated rings. The van der Waals surface area contributed by atoms with Gasteiger partial charge in [0.2, 0.25) is 5.91 Å². The van der Waals surface area contributed by atoms with E-state index in [0.717, 1.165) is 17.3 Å². The number of aryl methyl sites for hydroxylation is 1. The summed E-state index contributed by atoms with van der Waals surface area (Å²) in [5, 5.41) is 13.0. The van der Waals surface area contributed by atoms with Gasteiger partial charge in [-0.15, -0.1) is 0 Å². The maximum absolute atomic E-state index is 13.6. The van der Waals surface area contributed by atoms with E-state index in [2.05, 4.69) is 5.32 Å². The summed E-state index contributed by atoms with van der Waals surface area (Å²) in [6, 6.07) is 19.4. The lowest BCUT2D eigenvalue weighted by Crippen LogP contribution is -2.31. The number of amides is 2. The Kier molecular flexibility index (Phi) is 7.46. The van der Waals surface area contributed by atoms with Gasteiger partial charge in [-0.05, 0) is 73.5 Å². The second kappa shape index (κ2) is 10.5. The fourth-order valence-electron chi connectivity index (χ4n) is 3.54. The zero-order chi connectivity index (χ0) is 25.1. The first kappa shape index (κ1) is 24.8. The summed E-state index contributed by atoms with van der Waals surface area (Å²) in [6.45, 7) is 1.92. The van der Waals surface area contributed by atoms with Crippen LogP contribution in [0.5, 0.6) is 0 Å². The molecule has 1 saturated heterocycles. The average Bonchev–Trinajstić information content (AvgIpc) is 3.14. The van der Waals surface area contributed by atoms with Crippen LogP contribution in [0.4, 0.5) is 15.8 Å². The summed E-state index contributed by atoms with van der Waals surface area (Å²) in [5.41, 5.74) is 2.31. The van der Waals surface area contributed by atoms with E-state index in [9.17, 15) is 19.2 Å². The molecule has 1 aliphatic heterocycles. The molecule has 9 heteroatoms. The molecular weight excluding hydrogens is 508 g/mol. The quantitative estimate of drug-likeness (QED) is 0.304. The molecule has 3 aromatic carbocycles. The number of halogens is 3. The molecule has 1 aliphatic rings. The van der Waals surface area contributed by atoms with Crippen molar-refractivity contribution in [1.82, 2.24) is 0 Å². The molecule has 2 amide bonds. The van der Waals surface area contributed by atoms with Crippen molar-refractivity contribution in [3.05, 3.63) is 104 Å². The Morgan fingerprint density at radius 2 is 1.80 bits per heavy atom. The number of nitrogens with zero attached hydrogens (tertiary/aromatic N) is 2. The predicted octanol–water partition coefficient (Wildman–Crippen LogP) is 6.51. The fourth-order valence-corrected chi connectivity index (χ4v) is 5.23. The van der Waals surface area contributed by atoms with Crippen LogP contribution in [-0.2, 0) is 16.0 Å². The molecular formula is C26H18Cl2FN3O2S. The topological polar surface area (TPSA) is 73.2 Å². The van der Waals surface area contributed by atoms with E-state index in [1.54, 1.807) is 30.3 Å². The summed E-state index contributed by atoms with van der Waals surface area (Å²) in [7, 11) is 0. The Balaban J connectivity index is 1.73. The number of carbonyl (C=O) groups excluding carboxylic acids is 2. The van der Waals surface area contributed by atoms with Gasteiger partial charge >= 0.3 is 0 Å². The molecule has 0 aromatic heterocycles. The molecule has 0 spiro atoms. The van der Waals surface area contributed by atoms with Gasteiger partial charge in [0, 0.05) is 21.4 Å². The first-order valence-corrected chi connectivity index (χ1v) is 12.1. The molecule has 0 saturated carbocycles. The van der Waals surface area contributed by atoms with Crippen LogP contribution in [0.3, 0.4) is 0 Å². The maximum Gasteiger partial charge on any atom is 0.269 e. The van der Waals surface area contributed by atoms with Gasteiger partial charge in [-0.2, -0.15) is 5.26 Å². The monoisotopic (exact) mass is 525 g/mol. The van der Waals surface area contributed by atoms with Gasteiger partial charge in [0.05, 0.1) is 5.25 Å². The number of hydrogen-bond acceptors (Lipinski definition) is 4. The summed E-state index contributed by atoms with van der Waals surface area (Å²) < 4.78 is 13.2. The summed E-state index contributed by atoms with van der Waals surface area (Å²) >= 11 is 13.6. The molecule has 4 rings (SSSR count). The van der Waals surface area contributed by atoms with Crippen molar-refractivity contribution in [3.63, 3.8) is 0 Å². The Hall–Kier alpha value is -3.31. The van der Waals surface area contributed by atoms with Crippen LogP contribution in [0, 0.1) is 24.1 Å². The number of rotatable bonds is 5. The largest absolute Gasteiger partial charge is 0.321 e. The van der Waals surface area contributed by atoms with E-state index in [1.807, 2.05) is 25.1 Å². The minimum absolute atomic E-state index is 0.212. The SMILES string of the molecule is Cc1ccc(N2C(=O)[C@@H](Cc3cc(Cl)ccc3Cl)S/C2=C(\C#N)C(=O)Nc2ccc(F)cc2)cc1. The first-order chi connectivity index (χ1) is 16.8. The van der Waals surface area contributed by atoms with Crippen LogP contribution in [0.1, 0.15) is 11.1 Å². The average molecular weight is 526 g/mol. The molecule has 0 aliphatic carbocycles. The number of hydrogen-bond donors (Lipinski definition) is 1. The second-order valence-electron chi connectivity index (χ2n) is 7.81. The highest BCUT2D eigenvalue weighted by Gasteiger charge is 2.41. The van der Waals surface area contributed by atoms with Gasteiger partial charge in [-0.1, -0.05) is 52.7 Å². The second-order valence-corrected chi connectivity index (χ2v) is 9.84. The van der Waals surface area contributed by atoms with Crippen molar-refractivity contribution >= 4 is 58.2 Å². The number of carbonyl (C=O) groups is 2. The lowest BCUT2D eigenvalue weighted by Gasteiger charge is -2.19. The third kappa shape index (κ3) is 5.51. The smallest absolute Gasteiger partial charge is 0.269 e. The van der Waals surface area contributed by atoms with Crippen LogP contribution in [-0.4, -0.2) is 17.1 Å². The highest BCUT2D eigenvalue weighted by atomic mass is 35.5. The molecule has 3 aromatic rings. The standard InChI is InChI=1S/C26H18Cl2FN3O2S/c1-15-2-9-20(10-3-15)32-25(34)23(13-16-12-17(27)4-11-22(16)28)35-26(32)21(14-30)24(33)31-19-7-5-18(29)6-8-19/h2-12,23H,13H2,1H3,(H,31,33)/b26-21+/t23-/m1/s1. The van der Waals surface area contributed by atoms with Crippen molar-refractivity contribution in [1.29, 1.82) is 5.26 Å². The molecule has 0 unspecified atom stereocenters. The molecule has 1 heterocycles. The van der Waals surface area contributed by atoms with Crippen molar-refractivity contribution in [2.45, 2.75) is 18.6 Å². The number of anilines is 2. The van der Waals surface area contributed by atoms with Gasteiger partial charge in [0.15, 0.2) is 0 Å². The summed E-state index contributed by atoms with van der Waals surface area (Å²) in [5.74, 6) is -1.44. The molecule has 176 valence electrons. The Morgan fingerprint density at radius 1 is 1.11 bits per heavy atom. The number of thioether (sulfide) groups is 1. The van der Waals surface area contributed by atoms with Gasteiger partial charge in [0.1, 0.15) is 22.5 Å². The van der Waals surface area contributed by atoms with Gasteiger partial charge < -0.3 is 5.32 Å². The fraction of sp³-hybridized carbons (Fsp3) is 0.115. The van der Waals surface area contributed by atoms with Crippen molar-refractivity contribution in [2.24, 2.45) is 0 Å². The zero-order valence-electron chi connectivity index (χ0n) is 18.4. The number of benzene rings is 3. The Morgan fingerprint density at radius 3 is 2.46 bits per heavy atom. The molecule has 1 N–H and O–H groups in total. The van der Waals surface area contributed by atoms with E-state index in [1.165, 1.54) is 29.2 Å². The normalized spacial score (nSPS) is 16.7. The Labute approximate surface area is 216 Å². The minimum atomic E-state index is -0.701. The van der Waals surface area contributed by atoms with Gasteiger partial charge in [0.25, 0.3) is 5.91 Å². The van der Waals surface area contributed by atoms with Crippen LogP contribution in [0.15, 0.2) is 77.3 Å². The summed E-state index contributed by atoms with van der Waals surface area (Å²) in [4.78, 5) is 28.0. The maximum atomic E-state index is 13.6. The molecule has 0 radical (unpaired) electrons. The third-order valence-corrected chi connectivity index (χ3v) is 7.18. The van der Waals surface area contributed by atoms with Crippen molar-refractivity contribution in [3.8, 4) is 6.07 Å². The first-order valence-electron chi connectivity index (χ1n) is 10.5. The molecule has 5 nitrogen and oxygen atoms in total. The molecule has 1 atom stereocenters. The van der Waals surface area contributed by atoms with E-state index < -0.39 is 17.0 Å². The molecule has 0 bridgehead atoms. The van der Waals surface area contributed by atoms with Crippen LogP contribution in [0.2, 0.25) is 10.0 Å². The summed E-state index contributed by atoms with van der Waals surface area (Å²) in [6.07, 6.45) is 0.257. The number of nitrogens with one attached hydrogen (secondary N) is 1. The predicted molar refractivity (Wildman–Crippen MR) is 138 cm³/mol. The van der Waals surface area contributed by atoms with Crippen LogP contribution >= 0.6 is 35.0 Å². The zero-order valence-corrected chi connectivity index (χ0v) is 20.7. The lowest BCUT2D eigenvalue weighted by atomic mass is 10.1. The van der Waals surface area contributed by atoms with Gasteiger partial charge in [-0.3, -0.25) is 14.5 Å². The van der Waals surface area contributed by atoms with Crippen molar-refractivity contribution < 1.29 is 14.0 Å². The van der Waals surface area contributed by atoms with E-state index in [4.69, 9.17) is 23.2 Å². The number of nitriles is 1. The lowest BCUT2D eigenvalue weighted by molar-refractivity contribution is -0.117. The van der Waals surface area contributed by atoms with Crippen LogP contribution in [0.25, 0.3) is 0 Å². The van der Waals surface area contributed by atoms with E-state index in [0.29, 0.717) is 27.0 Å².